The molecule has 2 heterocycles. The summed E-state index contributed by atoms with van der Waals surface area (Å²) in [4.78, 5) is 24.7. The molecule has 0 bridgehead atoms. The number of benzene rings is 1. The van der Waals surface area contributed by atoms with Gasteiger partial charge < -0.3 is 19.1 Å². The van der Waals surface area contributed by atoms with Crippen LogP contribution in [0.2, 0.25) is 0 Å². The lowest BCUT2D eigenvalue weighted by atomic mass is 9.67. The normalized spacial score (nSPS) is 13.6. The largest absolute Gasteiger partial charge is 0.493 e. The Kier molecular flexibility index (Phi) is 8.80. The molecule has 9 nitrogen and oxygen atoms in total. The minimum Gasteiger partial charge on any atom is -0.493 e. The van der Waals surface area contributed by atoms with Crippen molar-refractivity contribution in [1.82, 2.24) is 14.9 Å². The second kappa shape index (κ2) is 12.3. The molecule has 0 atom stereocenters. The number of hydrogen-bond acceptors (Lipinski definition) is 7. The number of halogens is 2. The zero-order valence-corrected chi connectivity index (χ0v) is 22.9. The number of amides is 2. The lowest BCUT2D eigenvalue weighted by Crippen LogP contribution is -2.43. The molecule has 40 heavy (non-hydrogen) atoms. The van der Waals surface area contributed by atoms with E-state index in [0.717, 1.165) is 41.5 Å². The predicted octanol–water partition coefficient (Wildman–Crippen LogP) is 5.09. The number of nitrogens with zero attached hydrogens (tertiary/aromatic N) is 5. The number of carbonyl (C=O) groups excluding carboxylic acids is 1. The monoisotopic (exact) mass is 551 g/mol. The van der Waals surface area contributed by atoms with Crippen LogP contribution in [-0.4, -0.2) is 62.4 Å². The van der Waals surface area contributed by atoms with Crippen molar-refractivity contribution >= 4 is 11.7 Å². The Morgan fingerprint density at radius 3 is 2.23 bits per heavy atom. The lowest BCUT2D eigenvalue weighted by Gasteiger charge is -2.34. The van der Waals surface area contributed by atoms with E-state index in [-0.39, 0.29) is 31.2 Å². The smallest absolute Gasteiger partial charge is 0.324 e. The first-order chi connectivity index (χ1) is 19.3. The first-order valence-electron chi connectivity index (χ1n) is 12.7. The van der Waals surface area contributed by atoms with Crippen molar-refractivity contribution in [3.05, 3.63) is 65.6 Å². The molecule has 0 spiro atoms. The molecule has 11 heteroatoms. The number of methoxy groups -OCH3 is 3. The van der Waals surface area contributed by atoms with Gasteiger partial charge in [0.05, 0.1) is 50.2 Å². The molecule has 4 rings (SSSR count). The SMILES string of the molecule is COCCN(C)C(=O)N(Cc1ccc(-c2ccc(C3(C#N)CCC3)nc2)nc1)c1c(F)c(OC)cc(OC)c1F. The maximum Gasteiger partial charge on any atom is 0.324 e. The summed E-state index contributed by atoms with van der Waals surface area (Å²) in [6.07, 6.45) is 5.84. The third-order valence-corrected chi connectivity index (χ3v) is 7.14. The minimum atomic E-state index is -1.04. The molecule has 0 aliphatic heterocycles. The van der Waals surface area contributed by atoms with Crippen LogP contribution in [0, 0.1) is 23.0 Å². The van der Waals surface area contributed by atoms with Crippen molar-refractivity contribution < 1.29 is 27.8 Å². The molecule has 0 N–H and O–H groups in total. The fraction of sp³-hybridized carbons (Fsp3) is 0.379. The topological polar surface area (TPSA) is 101 Å². The summed E-state index contributed by atoms with van der Waals surface area (Å²) in [5.74, 6) is -2.61. The first-order valence-corrected chi connectivity index (χ1v) is 12.7. The van der Waals surface area contributed by atoms with Gasteiger partial charge in [0, 0.05) is 44.7 Å². The number of rotatable bonds is 10. The van der Waals surface area contributed by atoms with Crippen molar-refractivity contribution in [2.75, 3.05) is 46.4 Å². The minimum absolute atomic E-state index is 0.185. The summed E-state index contributed by atoms with van der Waals surface area (Å²) < 4.78 is 46.1. The fourth-order valence-electron chi connectivity index (χ4n) is 4.54. The van der Waals surface area contributed by atoms with Gasteiger partial charge in [-0.3, -0.25) is 14.9 Å². The molecular formula is C29H31F2N5O4. The van der Waals surface area contributed by atoms with E-state index in [0.29, 0.717) is 11.3 Å². The summed E-state index contributed by atoms with van der Waals surface area (Å²) in [7, 11) is 5.49. The quantitative estimate of drug-likeness (QED) is 0.346. The number of likely N-dealkylation sites (N-methyl/N-ethyl adjacent to an activating group) is 1. The van der Waals surface area contributed by atoms with Crippen LogP contribution in [0.15, 0.2) is 42.7 Å². The van der Waals surface area contributed by atoms with Gasteiger partial charge in [-0.1, -0.05) is 6.07 Å². The van der Waals surface area contributed by atoms with Gasteiger partial charge in [0.25, 0.3) is 0 Å². The maximum atomic E-state index is 15.4. The maximum absolute atomic E-state index is 15.4. The standard InChI is InChI=1S/C29H31F2N5O4/c1-35(12-13-38-2)28(37)36(27-25(30)22(39-3)14-23(40-4)26(27)31)17-19-6-8-21(33-15-19)20-7-9-24(34-16-20)29(18-32)10-5-11-29/h6-9,14-16H,5,10-13,17H2,1-4H3. The van der Waals surface area contributed by atoms with Crippen LogP contribution in [0.1, 0.15) is 30.5 Å². The van der Waals surface area contributed by atoms with Crippen molar-refractivity contribution in [2.45, 2.75) is 31.2 Å². The van der Waals surface area contributed by atoms with Gasteiger partial charge in [-0.2, -0.15) is 5.26 Å². The highest BCUT2D eigenvalue weighted by molar-refractivity contribution is 5.92. The lowest BCUT2D eigenvalue weighted by molar-refractivity contribution is 0.162. The zero-order valence-electron chi connectivity index (χ0n) is 22.9. The molecule has 1 aliphatic rings. The van der Waals surface area contributed by atoms with E-state index in [1.165, 1.54) is 39.5 Å². The number of aromatic nitrogens is 2. The molecule has 2 aromatic heterocycles. The van der Waals surface area contributed by atoms with E-state index < -0.39 is 28.8 Å². The summed E-state index contributed by atoms with van der Waals surface area (Å²) in [5.41, 5.74) is 1.56. The average molecular weight is 552 g/mol. The van der Waals surface area contributed by atoms with E-state index in [9.17, 15) is 10.1 Å². The summed E-state index contributed by atoms with van der Waals surface area (Å²) in [5, 5.41) is 9.57. The van der Waals surface area contributed by atoms with Gasteiger partial charge in [0.15, 0.2) is 23.1 Å². The Balaban J connectivity index is 1.65. The molecule has 3 aromatic rings. The Morgan fingerprint density at radius 2 is 1.75 bits per heavy atom. The fourth-order valence-corrected chi connectivity index (χ4v) is 4.54. The molecule has 0 saturated heterocycles. The Bertz CT molecular complexity index is 1360. The van der Waals surface area contributed by atoms with Gasteiger partial charge in [0.1, 0.15) is 5.69 Å². The number of hydrogen-bond donors (Lipinski definition) is 0. The second-order valence-corrected chi connectivity index (χ2v) is 9.57. The van der Waals surface area contributed by atoms with Gasteiger partial charge in [-0.25, -0.2) is 13.6 Å². The molecule has 1 fully saturated rings. The molecule has 1 saturated carbocycles. The van der Waals surface area contributed by atoms with Crippen LogP contribution in [0.5, 0.6) is 11.5 Å². The summed E-state index contributed by atoms with van der Waals surface area (Å²) in [6.45, 7) is 0.250. The summed E-state index contributed by atoms with van der Waals surface area (Å²) in [6, 6.07) is 10.0. The van der Waals surface area contributed by atoms with Gasteiger partial charge >= 0.3 is 6.03 Å². The highest BCUT2D eigenvalue weighted by Gasteiger charge is 2.40. The molecular weight excluding hydrogens is 520 g/mol. The molecule has 0 radical (unpaired) electrons. The van der Waals surface area contributed by atoms with E-state index in [1.807, 2.05) is 12.1 Å². The molecule has 210 valence electrons. The number of carbonyl (C=O) groups is 1. The third-order valence-electron chi connectivity index (χ3n) is 7.14. The van der Waals surface area contributed by atoms with Crippen LogP contribution in [0.4, 0.5) is 19.3 Å². The molecule has 1 aromatic carbocycles. The van der Waals surface area contributed by atoms with Crippen molar-refractivity contribution in [1.29, 1.82) is 5.26 Å². The first kappa shape index (κ1) is 28.7. The number of anilines is 1. The van der Waals surface area contributed by atoms with Crippen LogP contribution in [-0.2, 0) is 16.7 Å². The van der Waals surface area contributed by atoms with Crippen LogP contribution < -0.4 is 14.4 Å². The number of nitriles is 1. The number of ether oxygens (including phenoxy) is 3. The van der Waals surface area contributed by atoms with E-state index in [4.69, 9.17) is 14.2 Å². The van der Waals surface area contributed by atoms with Crippen molar-refractivity contribution in [3.8, 4) is 28.8 Å². The number of pyridine rings is 2. The second-order valence-electron chi connectivity index (χ2n) is 9.57. The zero-order chi connectivity index (χ0) is 28.9. The van der Waals surface area contributed by atoms with Crippen LogP contribution in [0.3, 0.4) is 0 Å². The average Bonchev–Trinajstić information content (AvgIpc) is 2.95. The van der Waals surface area contributed by atoms with E-state index >= 15 is 8.78 Å². The van der Waals surface area contributed by atoms with Crippen LogP contribution in [0.25, 0.3) is 11.3 Å². The highest BCUT2D eigenvalue weighted by atomic mass is 19.1. The Hall–Kier alpha value is -4.30. The van der Waals surface area contributed by atoms with Crippen LogP contribution >= 0.6 is 0 Å². The van der Waals surface area contributed by atoms with Gasteiger partial charge in [0.2, 0.25) is 0 Å². The molecule has 0 unspecified atom stereocenters. The Morgan fingerprint density at radius 1 is 1.05 bits per heavy atom. The molecule has 2 amide bonds. The highest BCUT2D eigenvalue weighted by Crippen LogP contribution is 2.42. The predicted molar refractivity (Wildman–Crippen MR) is 144 cm³/mol. The van der Waals surface area contributed by atoms with E-state index in [2.05, 4.69) is 16.0 Å². The van der Waals surface area contributed by atoms with Crippen molar-refractivity contribution in [3.63, 3.8) is 0 Å². The Labute approximate surface area is 231 Å². The third kappa shape index (κ3) is 5.53. The van der Waals surface area contributed by atoms with Gasteiger partial charge in [-0.15, -0.1) is 0 Å². The molecule has 1 aliphatic carbocycles. The van der Waals surface area contributed by atoms with Gasteiger partial charge in [-0.05, 0) is 43.0 Å². The summed E-state index contributed by atoms with van der Waals surface area (Å²) >= 11 is 0. The van der Waals surface area contributed by atoms with E-state index in [1.54, 1.807) is 18.3 Å². The number of urea groups is 1. The van der Waals surface area contributed by atoms with Crippen molar-refractivity contribution in [2.24, 2.45) is 0 Å².